The van der Waals surface area contributed by atoms with Crippen LogP contribution in [0.15, 0.2) is 0 Å². The molecule has 0 heterocycles. The fourth-order valence-corrected chi connectivity index (χ4v) is 2.94. The highest BCUT2D eigenvalue weighted by Gasteiger charge is 2.27. The fraction of sp³-hybridized carbons (Fsp3) is 0.867. The lowest BCUT2D eigenvalue weighted by Crippen LogP contribution is -2.49. The van der Waals surface area contributed by atoms with Crippen LogP contribution in [0.1, 0.15) is 51.9 Å². The normalized spacial score (nSPS) is 25.7. The van der Waals surface area contributed by atoms with E-state index in [-0.39, 0.29) is 18.0 Å². The Labute approximate surface area is 126 Å². The molecule has 0 aromatic rings. The molecule has 0 bridgehead atoms. The number of nitrogens with zero attached hydrogens (tertiary/aromatic N) is 1. The first-order chi connectivity index (χ1) is 10.1. The van der Waals surface area contributed by atoms with Gasteiger partial charge in [0, 0.05) is 18.1 Å². The van der Waals surface area contributed by atoms with Crippen LogP contribution >= 0.6 is 0 Å². The first-order valence-electron chi connectivity index (χ1n) is 8.18. The van der Waals surface area contributed by atoms with Gasteiger partial charge < -0.3 is 11.1 Å². The first-order valence-corrected chi connectivity index (χ1v) is 8.18. The molecule has 4 N–H and O–H groups in total. The molecule has 6 heteroatoms. The summed E-state index contributed by atoms with van der Waals surface area (Å²) in [5, 5.41) is 5.20. The highest BCUT2D eigenvalue weighted by atomic mass is 16.2. The maximum absolute atomic E-state index is 12.0. The first kappa shape index (κ1) is 16.2. The summed E-state index contributed by atoms with van der Waals surface area (Å²) in [6.07, 6.45) is 7.18. The van der Waals surface area contributed by atoms with Gasteiger partial charge in [-0.25, -0.2) is 4.79 Å². The molecule has 2 fully saturated rings. The Kier molecular flexibility index (Phi) is 5.99. The second-order valence-electron chi connectivity index (χ2n) is 6.33. The molecular weight excluding hydrogens is 268 g/mol. The lowest BCUT2D eigenvalue weighted by atomic mass is 9.90. The minimum atomic E-state index is -0.357. The quantitative estimate of drug-likeness (QED) is 0.681. The van der Waals surface area contributed by atoms with E-state index in [1.165, 1.54) is 0 Å². The molecule has 6 nitrogen and oxygen atoms in total. The molecule has 120 valence electrons. The van der Waals surface area contributed by atoms with Crippen LogP contribution in [0, 0.1) is 0 Å². The van der Waals surface area contributed by atoms with E-state index in [9.17, 15) is 9.59 Å². The SMILES string of the molecule is CCCN(CC(=O)NC(=O)NC1CC1)C1CCC(N)CC1. The van der Waals surface area contributed by atoms with Crippen molar-refractivity contribution in [3.05, 3.63) is 0 Å². The predicted molar refractivity (Wildman–Crippen MR) is 81.8 cm³/mol. The summed E-state index contributed by atoms with van der Waals surface area (Å²) in [5.41, 5.74) is 5.94. The van der Waals surface area contributed by atoms with Crippen molar-refractivity contribution < 1.29 is 9.59 Å². The van der Waals surface area contributed by atoms with E-state index in [4.69, 9.17) is 5.73 Å². The molecule has 2 aliphatic carbocycles. The Morgan fingerprint density at radius 3 is 2.38 bits per heavy atom. The largest absolute Gasteiger partial charge is 0.335 e. The summed E-state index contributed by atoms with van der Waals surface area (Å²) >= 11 is 0. The molecule has 3 amide bonds. The van der Waals surface area contributed by atoms with Crippen molar-refractivity contribution in [2.45, 2.75) is 70.0 Å². The van der Waals surface area contributed by atoms with E-state index in [1.807, 2.05) is 0 Å². The molecule has 0 radical (unpaired) electrons. The summed E-state index contributed by atoms with van der Waals surface area (Å²) in [4.78, 5) is 25.8. The summed E-state index contributed by atoms with van der Waals surface area (Å²) in [6.45, 7) is 3.29. The molecule has 2 saturated carbocycles. The van der Waals surface area contributed by atoms with Gasteiger partial charge in [-0.1, -0.05) is 6.92 Å². The molecule has 21 heavy (non-hydrogen) atoms. The fourth-order valence-electron chi connectivity index (χ4n) is 2.94. The van der Waals surface area contributed by atoms with Gasteiger partial charge in [-0.05, 0) is 51.5 Å². The van der Waals surface area contributed by atoms with Gasteiger partial charge in [0.25, 0.3) is 0 Å². The maximum atomic E-state index is 12.0. The minimum absolute atomic E-state index is 0.212. The van der Waals surface area contributed by atoms with Crippen molar-refractivity contribution in [3.8, 4) is 0 Å². The number of nitrogens with two attached hydrogens (primary N) is 1. The Balaban J connectivity index is 1.77. The van der Waals surface area contributed by atoms with Crippen molar-refractivity contribution in [1.82, 2.24) is 15.5 Å². The summed E-state index contributed by atoms with van der Waals surface area (Å²) in [6, 6.07) is 0.638. The number of imide groups is 1. The van der Waals surface area contributed by atoms with E-state index in [0.717, 1.165) is 51.5 Å². The zero-order valence-electron chi connectivity index (χ0n) is 12.9. The number of carbonyl (C=O) groups excluding carboxylic acids is 2. The number of urea groups is 1. The molecule has 0 saturated heterocycles. The van der Waals surface area contributed by atoms with E-state index >= 15 is 0 Å². The van der Waals surface area contributed by atoms with Crippen LogP contribution in [0.3, 0.4) is 0 Å². The van der Waals surface area contributed by atoms with Gasteiger partial charge >= 0.3 is 6.03 Å². The highest BCUT2D eigenvalue weighted by molar-refractivity contribution is 5.95. The lowest BCUT2D eigenvalue weighted by molar-refractivity contribution is -0.121. The average Bonchev–Trinajstić information content (AvgIpc) is 3.22. The van der Waals surface area contributed by atoms with E-state index in [1.54, 1.807) is 0 Å². The van der Waals surface area contributed by atoms with Gasteiger partial charge in [-0.15, -0.1) is 0 Å². The van der Waals surface area contributed by atoms with E-state index in [0.29, 0.717) is 18.6 Å². The molecule has 2 rings (SSSR count). The number of nitrogens with one attached hydrogen (secondary N) is 2. The van der Waals surface area contributed by atoms with Crippen molar-refractivity contribution in [3.63, 3.8) is 0 Å². The summed E-state index contributed by atoms with van der Waals surface area (Å²) in [5.74, 6) is -0.212. The Morgan fingerprint density at radius 2 is 1.81 bits per heavy atom. The third-order valence-electron chi connectivity index (χ3n) is 4.28. The predicted octanol–water partition coefficient (Wildman–Crippen LogP) is 0.957. The molecule has 0 spiro atoms. The monoisotopic (exact) mass is 296 g/mol. The van der Waals surface area contributed by atoms with E-state index in [2.05, 4.69) is 22.5 Å². The minimum Gasteiger partial charge on any atom is -0.335 e. The third-order valence-corrected chi connectivity index (χ3v) is 4.28. The third kappa shape index (κ3) is 5.63. The van der Waals surface area contributed by atoms with Crippen LogP contribution in [0.5, 0.6) is 0 Å². The van der Waals surface area contributed by atoms with Gasteiger partial charge in [0.2, 0.25) is 5.91 Å². The molecule has 0 unspecified atom stereocenters. The van der Waals surface area contributed by atoms with Crippen LogP contribution < -0.4 is 16.4 Å². The molecule has 0 aliphatic heterocycles. The van der Waals surface area contributed by atoms with Crippen LogP contribution in [0.2, 0.25) is 0 Å². The topological polar surface area (TPSA) is 87.5 Å². The molecule has 0 aromatic heterocycles. The van der Waals surface area contributed by atoms with Crippen molar-refractivity contribution in [1.29, 1.82) is 0 Å². The second kappa shape index (κ2) is 7.75. The van der Waals surface area contributed by atoms with E-state index < -0.39 is 0 Å². The molecule has 0 atom stereocenters. The Morgan fingerprint density at radius 1 is 1.14 bits per heavy atom. The Hall–Kier alpha value is -1.14. The van der Waals surface area contributed by atoms with Crippen LogP contribution in [-0.2, 0) is 4.79 Å². The number of hydrogen-bond acceptors (Lipinski definition) is 4. The maximum Gasteiger partial charge on any atom is 0.321 e. The molecule has 0 aromatic carbocycles. The van der Waals surface area contributed by atoms with Gasteiger partial charge in [0.1, 0.15) is 0 Å². The number of hydrogen-bond donors (Lipinski definition) is 3. The zero-order valence-corrected chi connectivity index (χ0v) is 12.9. The lowest BCUT2D eigenvalue weighted by Gasteiger charge is -2.35. The standard InChI is InChI=1S/C15H28N4O2/c1-2-9-19(13-7-3-11(16)4-8-13)10-14(20)18-15(21)17-12-5-6-12/h11-13H,2-10,16H2,1H3,(H2,17,18,20,21). The summed E-state index contributed by atoms with van der Waals surface area (Å²) in [7, 11) is 0. The van der Waals surface area contributed by atoms with Gasteiger partial charge in [-0.2, -0.15) is 0 Å². The van der Waals surface area contributed by atoms with Gasteiger partial charge in [0.05, 0.1) is 6.54 Å². The van der Waals surface area contributed by atoms with Crippen LogP contribution in [0.4, 0.5) is 4.79 Å². The van der Waals surface area contributed by atoms with Crippen molar-refractivity contribution in [2.24, 2.45) is 5.73 Å². The number of rotatable bonds is 6. The zero-order chi connectivity index (χ0) is 15.2. The molecule has 2 aliphatic rings. The number of amides is 3. The van der Waals surface area contributed by atoms with Crippen LogP contribution in [0.25, 0.3) is 0 Å². The van der Waals surface area contributed by atoms with Gasteiger partial charge in [-0.3, -0.25) is 15.0 Å². The summed E-state index contributed by atoms with van der Waals surface area (Å²) < 4.78 is 0. The van der Waals surface area contributed by atoms with Crippen LogP contribution in [-0.4, -0.2) is 48.1 Å². The molecular formula is C15H28N4O2. The Bertz CT molecular complexity index is 363. The number of carbonyl (C=O) groups is 2. The highest BCUT2D eigenvalue weighted by Crippen LogP contribution is 2.22. The average molecular weight is 296 g/mol. The van der Waals surface area contributed by atoms with Crippen molar-refractivity contribution in [2.75, 3.05) is 13.1 Å². The second-order valence-corrected chi connectivity index (χ2v) is 6.33. The van der Waals surface area contributed by atoms with Gasteiger partial charge in [0.15, 0.2) is 0 Å². The smallest absolute Gasteiger partial charge is 0.321 e. The van der Waals surface area contributed by atoms with Crippen molar-refractivity contribution >= 4 is 11.9 Å².